The number of likely N-dealkylation sites (tertiary alicyclic amines) is 1. The van der Waals surface area contributed by atoms with E-state index in [1.807, 2.05) is 45.0 Å². The number of hydrogen-bond acceptors (Lipinski definition) is 6. The Morgan fingerprint density at radius 2 is 1.89 bits per heavy atom. The first-order valence-electron chi connectivity index (χ1n) is 9.14. The molecule has 2 atom stereocenters. The van der Waals surface area contributed by atoms with Crippen molar-refractivity contribution in [3.05, 3.63) is 29.8 Å². The lowest BCUT2D eigenvalue weighted by Gasteiger charge is -2.38. The number of carbonyl (C=O) groups excluding carboxylic acids is 2. The van der Waals surface area contributed by atoms with E-state index in [1.165, 1.54) is 7.11 Å². The highest BCUT2D eigenvalue weighted by Gasteiger charge is 2.38. The lowest BCUT2D eigenvalue weighted by Crippen LogP contribution is -2.47. The van der Waals surface area contributed by atoms with E-state index >= 15 is 0 Å². The second-order valence-electron chi connectivity index (χ2n) is 7.59. The molecule has 2 unspecified atom stereocenters. The Morgan fingerprint density at radius 3 is 2.44 bits per heavy atom. The molecule has 0 saturated carbocycles. The molecule has 1 aliphatic rings. The van der Waals surface area contributed by atoms with E-state index in [9.17, 15) is 9.59 Å². The minimum atomic E-state index is -0.584. The molecule has 0 bridgehead atoms. The number of carbonyl (C=O) groups is 2. The molecule has 1 aromatic carbocycles. The van der Waals surface area contributed by atoms with E-state index in [1.54, 1.807) is 4.90 Å². The normalized spacial score (nSPS) is 20.1. The number of hydrogen-bond donors (Lipinski definition) is 1. The van der Waals surface area contributed by atoms with Crippen LogP contribution in [0.2, 0.25) is 0 Å². The second kappa shape index (κ2) is 9.08. The maximum Gasteiger partial charge on any atom is 0.410 e. The van der Waals surface area contributed by atoms with Gasteiger partial charge in [-0.3, -0.25) is 4.79 Å². The largest absolute Gasteiger partial charge is 0.491 e. The number of nitrogens with zero attached hydrogens (tertiary/aromatic N) is 1. The maximum atomic E-state index is 12.4. The van der Waals surface area contributed by atoms with Crippen molar-refractivity contribution in [1.82, 2.24) is 4.90 Å². The SMILES string of the molecule is COC(=O)C1CN(C(=O)OC(C)(C)C)CCC1c1ccc(OCCO)cc1. The second-order valence-corrected chi connectivity index (χ2v) is 7.59. The molecule has 0 aliphatic carbocycles. The molecule has 0 spiro atoms. The molecular formula is C20H29NO6. The summed E-state index contributed by atoms with van der Waals surface area (Å²) in [6.45, 7) is 6.40. The summed E-state index contributed by atoms with van der Waals surface area (Å²) in [5.74, 6) is -0.189. The van der Waals surface area contributed by atoms with Crippen molar-refractivity contribution in [2.75, 3.05) is 33.4 Å². The van der Waals surface area contributed by atoms with Crippen LogP contribution < -0.4 is 4.74 Å². The van der Waals surface area contributed by atoms with Crippen molar-refractivity contribution in [1.29, 1.82) is 0 Å². The Hall–Kier alpha value is -2.28. The van der Waals surface area contributed by atoms with Crippen molar-refractivity contribution < 1.29 is 28.9 Å². The molecule has 1 saturated heterocycles. The fraction of sp³-hybridized carbons (Fsp3) is 0.600. The number of amides is 1. The maximum absolute atomic E-state index is 12.4. The first kappa shape index (κ1) is 21.0. The number of benzene rings is 1. The van der Waals surface area contributed by atoms with Crippen LogP contribution in [0.5, 0.6) is 5.75 Å². The monoisotopic (exact) mass is 379 g/mol. The summed E-state index contributed by atoms with van der Waals surface area (Å²) < 4.78 is 15.8. The molecule has 7 nitrogen and oxygen atoms in total. The number of esters is 1. The summed E-state index contributed by atoms with van der Waals surface area (Å²) in [4.78, 5) is 26.3. The molecule has 7 heteroatoms. The van der Waals surface area contributed by atoms with Crippen LogP contribution >= 0.6 is 0 Å². The Balaban J connectivity index is 2.13. The van der Waals surface area contributed by atoms with Gasteiger partial charge < -0.3 is 24.2 Å². The summed E-state index contributed by atoms with van der Waals surface area (Å²) in [6.07, 6.45) is 0.221. The van der Waals surface area contributed by atoms with Gasteiger partial charge in [0.2, 0.25) is 0 Å². The first-order chi connectivity index (χ1) is 12.7. The number of rotatable bonds is 5. The van der Waals surface area contributed by atoms with E-state index in [0.717, 1.165) is 5.56 Å². The summed E-state index contributed by atoms with van der Waals surface area (Å²) in [6, 6.07) is 7.46. The van der Waals surface area contributed by atoms with Gasteiger partial charge in [-0.15, -0.1) is 0 Å². The highest BCUT2D eigenvalue weighted by molar-refractivity contribution is 5.76. The topological polar surface area (TPSA) is 85.3 Å². The summed E-state index contributed by atoms with van der Waals surface area (Å²) >= 11 is 0. The Morgan fingerprint density at radius 1 is 1.22 bits per heavy atom. The summed E-state index contributed by atoms with van der Waals surface area (Å²) in [5.41, 5.74) is 0.407. The molecule has 1 fully saturated rings. The molecule has 1 N–H and O–H groups in total. The Labute approximate surface area is 160 Å². The molecule has 1 aromatic rings. The first-order valence-corrected chi connectivity index (χ1v) is 9.14. The molecule has 150 valence electrons. The number of methoxy groups -OCH3 is 1. The zero-order valence-corrected chi connectivity index (χ0v) is 16.4. The average Bonchev–Trinajstić information content (AvgIpc) is 2.64. The third kappa shape index (κ3) is 5.85. The van der Waals surface area contributed by atoms with Gasteiger partial charge in [-0.1, -0.05) is 12.1 Å². The number of aliphatic hydroxyl groups excluding tert-OH is 1. The zero-order valence-electron chi connectivity index (χ0n) is 16.4. The molecule has 1 amide bonds. The number of aliphatic hydroxyl groups is 1. The molecule has 27 heavy (non-hydrogen) atoms. The minimum Gasteiger partial charge on any atom is -0.491 e. The van der Waals surface area contributed by atoms with Crippen LogP contribution in [0.25, 0.3) is 0 Å². The number of piperidine rings is 1. The molecule has 0 aromatic heterocycles. The van der Waals surface area contributed by atoms with Crippen LogP contribution in [-0.2, 0) is 14.3 Å². The van der Waals surface area contributed by atoms with Gasteiger partial charge in [0, 0.05) is 19.0 Å². The van der Waals surface area contributed by atoms with Gasteiger partial charge in [0.1, 0.15) is 18.0 Å². The zero-order chi connectivity index (χ0) is 20.0. The van der Waals surface area contributed by atoms with Gasteiger partial charge >= 0.3 is 12.1 Å². The fourth-order valence-corrected chi connectivity index (χ4v) is 3.21. The quantitative estimate of drug-likeness (QED) is 0.792. The van der Waals surface area contributed by atoms with E-state index in [-0.39, 0.29) is 31.6 Å². The predicted octanol–water partition coefficient (Wildman–Crippen LogP) is 2.57. The molecule has 2 rings (SSSR count). The van der Waals surface area contributed by atoms with E-state index < -0.39 is 17.6 Å². The molecular weight excluding hydrogens is 350 g/mol. The third-order valence-electron chi connectivity index (χ3n) is 4.44. The van der Waals surface area contributed by atoms with Crippen molar-refractivity contribution in [3.8, 4) is 5.75 Å². The van der Waals surface area contributed by atoms with Gasteiger partial charge in [0.05, 0.1) is 19.6 Å². The summed E-state index contributed by atoms with van der Waals surface area (Å²) in [7, 11) is 1.36. The van der Waals surface area contributed by atoms with Gasteiger partial charge in [-0.25, -0.2) is 4.79 Å². The predicted molar refractivity (Wildman–Crippen MR) is 99.7 cm³/mol. The molecule has 1 aliphatic heterocycles. The van der Waals surface area contributed by atoms with E-state index in [2.05, 4.69) is 0 Å². The Kier molecular flexibility index (Phi) is 7.07. The van der Waals surface area contributed by atoms with Gasteiger partial charge in [-0.2, -0.15) is 0 Å². The minimum absolute atomic E-state index is 0.0463. The van der Waals surface area contributed by atoms with Crippen LogP contribution in [0.3, 0.4) is 0 Å². The van der Waals surface area contributed by atoms with Crippen LogP contribution in [0.15, 0.2) is 24.3 Å². The van der Waals surface area contributed by atoms with E-state index in [4.69, 9.17) is 19.3 Å². The van der Waals surface area contributed by atoms with Crippen LogP contribution in [0, 0.1) is 5.92 Å². The fourth-order valence-electron chi connectivity index (χ4n) is 3.21. The van der Waals surface area contributed by atoms with Gasteiger partial charge in [0.15, 0.2) is 0 Å². The molecule has 0 radical (unpaired) electrons. The lowest BCUT2D eigenvalue weighted by molar-refractivity contribution is -0.148. The smallest absolute Gasteiger partial charge is 0.410 e. The van der Waals surface area contributed by atoms with Crippen LogP contribution in [0.1, 0.15) is 38.7 Å². The standard InChI is InChI=1S/C20H29NO6/c1-20(2,3)27-19(24)21-10-9-16(17(13-21)18(23)25-4)14-5-7-15(8-6-14)26-12-11-22/h5-8,16-17,22H,9-13H2,1-4H3. The van der Waals surface area contributed by atoms with Crippen molar-refractivity contribution in [2.24, 2.45) is 5.92 Å². The van der Waals surface area contributed by atoms with Gasteiger partial charge in [0.25, 0.3) is 0 Å². The van der Waals surface area contributed by atoms with Crippen molar-refractivity contribution in [2.45, 2.75) is 38.7 Å². The molecule has 1 heterocycles. The van der Waals surface area contributed by atoms with E-state index in [0.29, 0.717) is 18.7 Å². The van der Waals surface area contributed by atoms with Crippen molar-refractivity contribution in [3.63, 3.8) is 0 Å². The van der Waals surface area contributed by atoms with Crippen LogP contribution in [0.4, 0.5) is 4.79 Å². The number of ether oxygens (including phenoxy) is 3. The average molecular weight is 379 g/mol. The van der Waals surface area contributed by atoms with Crippen LogP contribution in [-0.4, -0.2) is 61.1 Å². The van der Waals surface area contributed by atoms with Gasteiger partial charge in [-0.05, 0) is 44.9 Å². The lowest BCUT2D eigenvalue weighted by atomic mass is 9.80. The highest BCUT2D eigenvalue weighted by Crippen LogP contribution is 2.35. The highest BCUT2D eigenvalue weighted by atomic mass is 16.6. The third-order valence-corrected chi connectivity index (χ3v) is 4.44. The van der Waals surface area contributed by atoms with Crippen molar-refractivity contribution >= 4 is 12.1 Å². The summed E-state index contributed by atoms with van der Waals surface area (Å²) in [5, 5.41) is 8.83. The Bertz CT molecular complexity index is 637.